The minimum Gasteiger partial charge on any atom is -0.495 e. The van der Waals surface area contributed by atoms with Crippen LogP contribution in [-0.4, -0.2) is 81.9 Å². The predicted octanol–water partition coefficient (Wildman–Crippen LogP) is 3.83. The summed E-state index contributed by atoms with van der Waals surface area (Å²) in [4.78, 5) is 21.5. The maximum Gasteiger partial charge on any atom is 0.239 e. The number of aromatic nitrogens is 2. The number of benzene rings is 2. The first-order valence-electron chi connectivity index (χ1n) is 14.5. The van der Waals surface area contributed by atoms with Gasteiger partial charge < -0.3 is 35.5 Å². The molecule has 1 aliphatic heterocycles. The summed E-state index contributed by atoms with van der Waals surface area (Å²) in [7, 11) is 1.14. The van der Waals surface area contributed by atoms with Crippen molar-refractivity contribution in [3.63, 3.8) is 0 Å². The second-order valence-electron chi connectivity index (χ2n) is 10.9. The number of sulfonamides is 1. The summed E-state index contributed by atoms with van der Waals surface area (Å²) in [6.07, 6.45) is 6.40. The number of halogens is 1. The minimum atomic E-state index is -3.69. The number of anilines is 5. The maximum absolute atomic E-state index is 12.5. The van der Waals surface area contributed by atoms with Gasteiger partial charge in [0.25, 0.3) is 0 Å². The van der Waals surface area contributed by atoms with E-state index < -0.39 is 15.9 Å². The topological polar surface area (TPSA) is 156 Å². The lowest BCUT2D eigenvalue weighted by atomic mass is 10.0. The number of hydrogen-bond acceptors (Lipinski definition) is 11. The highest BCUT2D eigenvalue weighted by Crippen LogP contribution is 2.40. The molecule has 5 rings (SSSR count). The molecular formula is C30H38ClN7O6S. The fourth-order valence-corrected chi connectivity index (χ4v) is 6.41. The van der Waals surface area contributed by atoms with Crippen molar-refractivity contribution in [3.8, 4) is 11.5 Å². The lowest BCUT2D eigenvalue weighted by Gasteiger charge is -2.21. The smallest absolute Gasteiger partial charge is 0.239 e. The summed E-state index contributed by atoms with van der Waals surface area (Å²) in [6, 6.07) is 7.89. The Morgan fingerprint density at radius 3 is 2.47 bits per heavy atom. The third-order valence-corrected chi connectivity index (χ3v) is 9.38. The Kier molecular flexibility index (Phi) is 10.3. The number of fused-ring (bicyclic) bond motifs is 2. The first-order chi connectivity index (χ1) is 21.6. The zero-order valence-corrected chi connectivity index (χ0v) is 27.3. The molecule has 1 unspecified atom stereocenters. The largest absolute Gasteiger partial charge is 0.495 e. The normalized spacial score (nSPS) is 16.9. The summed E-state index contributed by atoms with van der Waals surface area (Å²) in [5.74, 6) is 1.14. The van der Waals surface area contributed by atoms with Crippen molar-refractivity contribution >= 4 is 56.4 Å². The lowest BCUT2D eigenvalue weighted by molar-refractivity contribution is -0.116. The number of amides is 1. The van der Waals surface area contributed by atoms with Crippen molar-refractivity contribution in [3.05, 3.63) is 52.2 Å². The van der Waals surface area contributed by atoms with Crippen LogP contribution in [0.1, 0.15) is 29.5 Å². The number of methoxy groups -OCH3 is 3. The van der Waals surface area contributed by atoms with E-state index in [9.17, 15) is 13.2 Å². The molecule has 242 valence electrons. The van der Waals surface area contributed by atoms with Crippen molar-refractivity contribution in [1.82, 2.24) is 19.6 Å². The van der Waals surface area contributed by atoms with E-state index in [1.54, 1.807) is 26.4 Å². The highest BCUT2D eigenvalue weighted by Gasteiger charge is 2.29. The summed E-state index contributed by atoms with van der Waals surface area (Å²) in [6.45, 7) is 1.11. The van der Waals surface area contributed by atoms with E-state index >= 15 is 0 Å². The Hall–Kier alpha value is -3.69. The van der Waals surface area contributed by atoms with Gasteiger partial charge in [-0.2, -0.15) is 9.29 Å². The SMILES string of the molecule is COCCNC1CCc2cc(Nc3ncc(Cl)c(Nc4c(OC)ccc5c4CN(S(C)(=O)=O)CC(=O)N5)n3)c(OC)cc2CC1. The molecule has 15 heteroatoms. The second kappa shape index (κ2) is 14.2. The van der Waals surface area contributed by atoms with Gasteiger partial charge in [-0.25, -0.2) is 13.4 Å². The van der Waals surface area contributed by atoms with E-state index in [4.69, 9.17) is 25.8 Å². The second-order valence-corrected chi connectivity index (χ2v) is 13.3. The monoisotopic (exact) mass is 659 g/mol. The molecule has 3 aromatic rings. The van der Waals surface area contributed by atoms with E-state index in [-0.39, 0.29) is 29.9 Å². The van der Waals surface area contributed by atoms with Crippen LogP contribution in [0.15, 0.2) is 30.5 Å². The first kappa shape index (κ1) is 32.7. The molecule has 45 heavy (non-hydrogen) atoms. The van der Waals surface area contributed by atoms with Gasteiger partial charge >= 0.3 is 0 Å². The number of carbonyl (C=O) groups is 1. The number of rotatable bonds is 11. The number of aryl methyl sites for hydroxylation is 2. The van der Waals surface area contributed by atoms with Crippen LogP contribution in [0.25, 0.3) is 0 Å². The molecule has 1 atom stereocenters. The van der Waals surface area contributed by atoms with Crippen LogP contribution in [0, 0.1) is 0 Å². The third-order valence-electron chi connectivity index (χ3n) is 7.91. The highest BCUT2D eigenvalue weighted by molar-refractivity contribution is 7.88. The van der Waals surface area contributed by atoms with Crippen LogP contribution in [0.5, 0.6) is 11.5 Å². The molecule has 2 aliphatic rings. The molecule has 0 radical (unpaired) electrons. The zero-order chi connectivity index (χ0) is 32.1. The molecule has 2 heterocycles. The molecule has 13 nitrogen and oxygen atoms in total. The van der Waals surface area contributed by atoms with Crippen molar-refractivity contribution in [2.45, 2.75) is 38.3 Å². The van der Waals surface area contributed by atoms with Gasteiger partial charge in [-0.1, -0.05) is 11.6 Å². The summed E-state index contributed by atoms with van der Waals surface area (Å²) in [5.41, 5.74) is 4.55. The lowest BCUT2D eigenvalue weighted by Crippen LogP contribution is -2.34. The fraction of sp³-hybridized carbons (Fsp3) is 0.433. The molecule has 0 bridgehead atoms. The summed E-state index contributed by atoms with van der Waals surface area (Å²) < 4.78 is 42.5. The molecule has 1 amide bonds. The molecule has 0 saturated carbocycles. The van der Waals surface area contributed by atoms with Crippen molar-refractivity contribution in [2.24, 2.45) is 0 Å². The highest BCUT2D eigenvalue weighted by atomic mass is 35.5. The average molecular weight is 660 g/mol. The first-order valence-corrected chi connectivity index (χ1v) is 16.8. The number of nitrogens with one attached hydrogen (secondary N) is 4. The van der Waals surface area contributed by atoms with Crippen molar-refractivity contribution < 1.29 is 27.4 Å². The quantitative estimate of drug-likeness (QED) is 0.175. The van der Waals surface area contributed by atoms with E-state index in [1.807, 2.05) is 0 Å². The predicted molar refractivity (Wildman–Crippen MR) is 174 cm³/mol. The van der Waals surface area contributed by atoms with Crippen LogP contribution < -0.4 is 30.7 Å². The van der Waals surface area contributed by atoms with Crippen LogP contribution in [0.4, 0.5) is 28.8 Å². The molecule has 1 aliphatic carbocycles. The van der Waals surface area contributed by atoms with Gasteiger partial charge in [-0.3, -0.25) is 4.79 Å². The van der Waals surface area contributed by atoms with Gasteiger partial charge in [0.2, 0.25) is 21.9 Å². The maximum atomic E-state index is 12.5. The zero-order valence-electron chi connectivity index (χ0n) is 25.7. The van der Waals surface area contributed by atoms with Gasteiger partial charge in [0, 0.05) is 37.5 Å². The van der Waals surface area contributed by atoms with Gasteiger partial charge in [0.1, 0.15) is 16.5 Å². The van der Waals surface area contributed by atoms with E-state index in [0.29, 0.717) is 46.8 Å². The van der Waals surface area contributed by atoms with E-state index in [2.05, 4.69) is 43.4 Å². The molecular weight excluding hydrogens is 622 g/mol. The summed E-state index contributed by atoms with van der Waals surface area (Å²) in [5, 5.41) is 13.1. The number of hydrogen-bond donors (Lipinski definition) is 4. The van der Waals surface area contributed by atoms with Crippen molar-refractivity contribution in [1.29, 1.82) is 0 Å². The molecule has 4 N–H and O–H groups in total. The van der Waals surface area contributed by atoms with Crippen LogP contribution in [0.2, 0.25) is 5.02 Å². The standard InChI is InChI=1S/C30H38ClN7O6S/c1-42-12-11-32-20-7-5-18-13-24(26(44-3)14-19(18)6-8-20)35-30-33-15-22(31)29(37-30)36-28-21-16-38(45(4,40)41)17-27(39)34-23(21)9-10-25(28)43-2/h9-10,13-15,20,32H,5-8,11-12,16-17H2,1-4H3,(H,34,39)(H2,33,35,36,37). The Morgan fingerprint density at radius 1 is 1.04 bits per heavy atom. The van der Waals surface area contributed by atoms with Crippen LogP contribution in [-0.2, 0) is 38.9 Å². The van der Waals surface area contributed by atoms with Crippen LogP contribution in [0.3, 0.4) is 0 Å². The molecule has 0 spiro atoms. The Balaban J connectivity index is 1.43. The van der Waals surface area contributed by atoms with Gasteiger partial charge in [-0.05, 0) is 61.1 Å². The number of nitrogens with zero attached hydrogens (tertiary/aromatic N) is 3. The fourth-order valence-electron chi connectivity index (χ4n) is 5.56. The third kappa shape index (κ3) is 7.76. The van der Waals surface area contributed by atoms with Gasteiger partial charge in [-0.15, -0.1) is 0 Å². The van der Waals surface area contributed by atoms with Gasteiger partial charge in [0.15, 0.2) is 5.82 Å². The Bertz CT molecular complexity index is 1670. The van der Waals surface area contributed by atoms with E-state index in [1.165, 1.54) is 24.4 Å². The summed E-state index contributed by atoms with van der Waals surface area (Å²) >= 11 is 6.54. The van der Waals surface area contributed by atoms with Gasteiger partial charge in [0.05, 0.1) is 51.2 Å². The van der Waals surface area contributed by atoms with Crippen molar-refractivity contribution in [2.75, 3.05) is 63.2 Å². The van der Waals surface area contributed by atoms with E-state index in [0.717, 1.165) is 42.8 Å². The molecule has 2 aromatic carbocycles. The average Bonchev–Trinajstić information content (AvgIpc) is 3.31. The Labute approximate surface area is 268 Å². The molecule has 0 saturated heterocycles. The van der Waals surface area contributed by atoms with Crippen LogP contribution >= 0.6 is 11.6 Å². The molecule has 1 aromatic heterocycles. The minimum absolute atomic E-state index is 0.0741. The molecule has 0 fully saturated rings. The Morgan fingerprint density at radius 2 is 1.78 bits per heavy atom. The number of ether oxygens (including phenoxy) is 3. The number of carbonyl (C=O) groups excluding carboxylic acids is 1.